The molecule has 0 atom stereocenters. The van der Waals surface area contributed by atoms with E-state index in [1.807, 2.05) is 42.5 Å². The SMILES string of the molecule is CC(C)Sc1ccc(C(=O)Nc2nnc(-c3ccccc3)o2)cc1. The monoisotopic (exact) mass is 339 g/mol. The summed E-state index contributed by atoms with van der Waals surface area (Å²) >= 11 is 1.75. The zero-order chi connectivity index (χ0) is 16.9. The maximum atomic E-state index is 12.2. The van der Waals surface area contributed by atoms with Crippen LogP contribution >= 0.6 is 11.8 Å². The molecule has 122 valence electrons. The first-order valence-corrected chi connectivity index (χ1v) is 8.47. The van der Waals surface area contributed by atoms with Gasteiger partial charge in [0, 0.05) is 21.3 Å². The van der Waals surface area contributed by atoms with Gasteiger partial charge in [-0.15, -0.1) is 16.9 Å². The van der Waals surface area contributed by atoms with Gasteiger partial charge >= 0.3 is 6.01 Å². The van der Waals surface area contributed by atoms with Crippen molar-refractivity contribution in [3.63, 3.8) is 0 Å². The number of amides is 1. The number of anilines is 1. The second-order valence-corrected chi connectivity index (χ2v) is 7.07. The smallest absolute Gasteiger partial charge is 0.322 e. The number of nitrogens with one attached hydrogen (secondary N) is 1. The molecule has 0 spiro atoms. The lowest BCUT2D eigenvalue weighted by molar-refractivity contribution is 0.102. The molecule has 3 rings (SSSR count). The Morgan fingerprint density at radius 1 is 1.04 bits per heavy atom. The van der Waals surface area contributed by atoms with Gasteiger partial charge < -0.3 is 4.42 Å². The van der Waals surface area contributed by atoms with Gasteiger partial charge in [0.05, 0.1) is 0 Å². The summed E-state index contributed by atoms with van der Waals surface area (Å²) in [6, 6.07) is 16.9. The van der Waals surface area contributed by atoms with E-state index in [4.69, 9.17) is 4.42 Å². The predicted molar refractivity (Wildman–Crippen MR) is 95.1 cm³/mol. The van der Waals surface area contributed by atoms with Gasteiger partial charge in [0.25, 0.3) is 5.91 Å². The highest BCUT2D eigenvalue weighted by molar-refractivity contribution is 7.99. The minimum absolute atomic E-state index is 0.0829. The molecule has 24 heavy (non-hydrogen) atoms. The Kier molecular flexibility index (Phi) is 4.96. The Hall–Kier alpha value is -2.60. The lowest BCUT2D eigenvalue weighted by atomic mass is 10.2. The molecule has 1 heterocycles. The second kappa shape index (κ2) is 7.31. The lowest BCUT2D eigenvalue weighted by Gasteiger charge is -2.05. The van der Waals surface area contributed by atoms with Gasteiger partial charge in [0.1, 0.15) is 0 Å². The lowest BCUT2D eigenvalue weighted by Crippen LogP contribution is -2.11. The van der Waals surface area contributed by atoms with Gasteiger partial charge in [-0.3, -0.25) is 10.1 Å². The van der Waals surface area contributed by atoms with Gasteiger partial charge in [-0.1, -0.05) is 37.1 Å². The van der Waals surface area contributed by atoms with Crippen molar-refractivity contribution in [1.29, 1.82) is 0 Å². The number of carbonyl (C=O) groups excluding carboxylic acids is 1. The predicted octanol–water partition coefficient (Wildman–Crippen LogP) is 4.49. The van der Waals surface area contributed by atoms with Crippen LogP contribution in [-0.2, 0) is 0 Å². The fourth-order valence-electron chi connectivity index (χ4n) is 2.10. The first-order valence-electron chi connectivity index (χ1n) is 7.59. The standard InChI is InChI=1S/C18H17N3O2S/c1-12(2)24-15-10-8-13(9-11-15)16(22)19-18-21-20-17(23-18)14-6-4-3-5-7-14/h3-12H,1-2H3,(H,19,21,22). The molecule has 0 unspecified atom stereocenters. The number of hydrogen-bond acceptors (Lipinski definition) is 5. The molecule has 1 aromatic heterocycles. The highest BCUT2D eigenvalue weighted by Crippen LogP contribution is 2.23. The summed E-state index contributed by atoms with van der Waals surface area (Å²) in [4.78, 5) is 13.4. The van der Waals surface area contributed by atoms with Crippen molar-refractivity contribution in [2.24, 2.45) is 0 Å². The molecule has 0 bridgehead atoms. The third kappa shape index (κ3) is 4.02. The third-order valence-electron chi connectivity index (χ3n) is 3.15. The first-order chi connectivity index (χ1) is 11.6. The summed E-state index contributed by atoms with van der Waals surface area (Å²) in [5.74, 6) is 0.0916. The van der Waals surface area contributed by atoms with E-state index in [1.165, 1.54) is 0 Å². The van der Waals surface area contributed by atoms with Crippen molar-refractivity contribution in [1.82, 2.24) is 10.2 Å². The van der Waals surface area contributed by atoms with E-state index >= 15 is 0 Å². The van der Waals surface area contributed by atoms with Gasteiger partial charge in [-0.25, -0.2) is 0 Å². The molecule has 0 aliphatic rings. The summed E-state index contributed by atoms with van der Waals surface area (Å²) in [5, 5.41) is 10.9. The van der Waals surface area contributed by atoms with E-state index in [2.05, 4.69) is 29.4 Å². The van der Waals surface area contributed by atoms with Crippen LogP contribution in [0.2, 0.25) is 0 Å². The van der Waals surface area contributed by atoms with Crippen LogP contribution in [0.3, 0.4) is 0 Å². The summed E-state index contributed by atoms with van der Waals surface area (Å²) in [6.45, 7) is 4.26. The average molecular weight is 339 g/mol. The summed E-state index contributed by atoms with van der Waals surface area (Å²) in [5.41, 5.74) is 1.35. The maximum absolute atomic E-state index is 12.2. The number of hydrogen-bond donors (Lipinski definition) is 1. The minimum atomic E-state index is -0.278. The van der Waals surface area contributed by atoms with E-state index in [-0.39, 0.29) is 11.9 Å². The molecule has 0 saturated heterocycles. The normalized spacial score (nSPS) is 10.8. The van der Waals surface area contributed by atoms with Crippen molar-refractivity contribution < 1.29 is 9.21 Å². The topological polar surface area (TPSA) is 68.0 Å². The number of thioether (sulfide) groups is 1. The Bertz CT molecular complexity index is 814. The van der Waals surface area contributed by atoms with Crippen LogP contribution in [-0.4, -0.2) is 21.4 Å². The molecule has 1 amide bonds. The van der Waals surface area contributed by atoms with Gasteiger partial charge in [-0.2, -0.15) is 0 Å². The van der Waals surface area contributed by atoms with Gasteiger partial charge in [-0.05, 0) is 36.4 Å². The van der Waals surface area contributed by atoms with Gasteiger partial charge in [0.15, 0.2) is 0 Å². The zero-order valence-corrected chi connectivity index (χ0v) is 14.2. The summed E-state index contributed by atoms with van der Waals surface area (Å²) in [6.07, 6.45) is 0. The van der Waals surface area contributed by atoms with E-state index in [1.54, 1.807) is 23.9 Å². The minimum Gasteiger partial charge on any atom is -0.403 e. The molecule has 6 heteroatoms. The highest BCUT2D eigenvalue weighted by atomic mass is 32.2. The molecular formula is C18H17N3O2S. The molecular weight excluding hydrogens is 322 g/mol. The van der Waals surface area contributed by atoms with Crippen LogP contribution in [0.15, 0.2) is 63.9 Å². The Morgan fingerprint density at radius 3 is 2.42 bits per heavy atom. The van der Waals surface area contributed by atoms with Crippen molar-refractivity contribution in [2.45, 2.75) is 24.0 Å². The molecule has 0 radical (unpaired) electrons. The van der Waals surface area contributed by atoms with Crippen molar-refractivity contribution in [2.75, 3.05) is 5.32 Å². The van der Waals surface area contributed by atoms with E-state index in [9.17, 15) is 4.79 Å². The fraction of sp³-hybridized carbons (Fsp3) is 0.167. The molecule has 1 N–H and O–H groups in total. The van der Waals surface area contributed by atoms with Crippen molar-refractivity contribution in [3.05, 3.63) is 60.2 Å². The number of nitrogens with zero attached hydrogens (tertiary/aromatic N) is 2. The van der Waals surface area contributed by atoms with Crippen LogP contribution < -0.4 is 5.32 Å². The van der Waals surface area contributed by atoms with Crippen LogP contribution in [0.25, 0.3) is 11.5 Å². The van der Waals surface area contributed by atoms with Crippen molar-refractivity contribution in [3.8, 4) is 11.5 Å². The Labute approximate surface area is 144 Å². The third-order valence-corrected chi connectivity index (χ3v) is 4.17. The van der Waals surface area contributed by atoms with Gasteiger partial charge in [0.2, 0.25) is 5.89 Å². The molecule has 3 aromatic rings. The highest BCUT2D eigenvalue weighted by Gasteiger charge is 2.12. The van der Waals surface area contributed by atoms with E-state index in [0.717, 1.165) is 10.5 Å². The Morgan fingerprint density at radius 2 is 1.75 bits per heavy atom. The number of aromatic nitrogens is 2. The quantitative estimate of drug-likeness (QED) is 0.694. The van der Waals surface area contributed by atoms with Crippen LogP contribution in [0.4, 0.5) is 6.01 Å². The van der Waals surface area contributed by atoms with Crippen LogP contribution in [0, 0.1) is 0 Å². The second-order valence-electron chi connectivity index (χ2n) is 5.42. The molecule has 0 aliphatic heterocycles. The molecule has 5 nitrogen and oxygen atoms in total. The Balaban J connectivity index is 1.68. The molecule has 0 aliphatic carbocycles. The van der Waals surface area contributed by atoms with Crippen LogP contribution in [0.1, 0.15) is 24.2 Å². The number of benzene rings is 2. The zero-order valence-electron chi connectivity index (χ0n) is 13.4. The first kappa shape index (κ1) is 16.3. The van der Waals surface area contributed by atoms with E-state index < -0.39 is 0 Å². The molecule has 0 saturated carbocycles. The average Bonchev–Trinajstić information content (AvgIpc) is 3.04. The maximum Gasteiger partial charge on any atom is 0.322 e. The molecule has 0 fully saturated rings. The fourth-order valence-corrected chi connectivity index (χ4v) is 2.94. The number of carbonyl (C=O) groups is 1. The molecule has 2 aromatic carbocycles. The van der Waals surface area contributed by atoms with E-state index in [0.29, 0.717) is 16.7 Å². The van der Waals surface area contributed by atoms with Crippen LogP contribution in [0.5, 0.6) is 0 Å². The largest absolute Gasteiger partial charge is 0.403 e. The number of rotatable bonds is 5. The summed E-state index contributed by atoms with van der Waals surface area (Å²) in [7, 11) is 0. The van der Waals surface area contributed by atoms with Crippen molar-refractivity contribution >= 4 is 23.7 Å². The summed E-state index contributed by atoms with van der Waals surface area (Å²) < 4.78 is 5.48.